The van der Waals surface area contributed by atoms with Crippen LogP contribution in [0.2, 0.25) is 0 Å². The zero-order chi connectivity index (χ0) is 14.9. The molecule has 3 aliphatic rings. The van der Waals surface area contributed by atoms with Crippen molar-refractivity contribution in [3.63, 3.8) is 0 Å². The summed E-state index contributed by atoms with van der Waals surface area (Å²) >= 11 is 7.38. The van der Waals surface area contributed by atoms with Crippen LogP contribution in [0.25, 0.3) is 0 Å². The SMILES string of the molecule is Cc1cccc(N2C(=O)[C@@H]3[C@H]4C[C@@H]([C@@H](Br)[C@H]4Br)[C@H]3C2=O)n1. The van der Waals surface area contributed by atoms with Gasteiger partial charge in [0.25, 0.3) is 0 Å². The summed E-state index contributed by atoms with van der Waals surface area (Å²) in [5.41, 5.74) is 0.810. The van der Waals surface area contributed by atoms with Crippen LogP contribution >= 0.6 is 31.9 Å². The molecule has 1 aromatic heterocycles. The number of halogens is 2. The fourth-order valence-corrected chi connectivity index (χ4v) is 6.10. The Morgan fingerprint density at radius 2 is 1.67 bits per heavy atom. The van der Waals surface area contributed by atoms with E-state index in [1.807, 2.05) is 19.1 Å². The van der Waals surface area contributed by atoms with Crippen molar-refractivity contribution < 1.29 is 9.59 Å². The van der Waals surface area contributed by atoms with E-state index in [0.29, 0.717) is 5.82 Å². The van der Waals surface area contributed by atoms with E-state index in [2.05, 4.69) is 36.8 Å². The second-order valence-electron chi connectivity index (χ2n) is 6.15. The van der Waals surface area contributed by atoms with Crippen LogP contribution in [0.3, 0.4) is 0 Å². The Bertz CT molecular complexity index is 618. The van der Waals surface area contributed by atoms with Gasteiger partial charge in [-0.1, -0.05) is 37.9 Å². The van der Waals surface area contributed by atoms with Gasteiger partial charge >= 0.3 is 0 Å². The van der Waals surface area contributed by atoms with E-state index < -0.39 is 0 Å². The van der Waals surface area contributed by atoms with E-state index in [1.54, 1.807) is 6.07 Å². The first-order chi connectivity index (χ1) is 10.0. The van der Waals surface area contributed by atoms with Crippen molar-refractivity contribution in [1.82, 2.24) is 4.98 Å². The Morgan fingerprint density at radius 1 is 1.10 bits per heavy atom. The van der Waals surface area contributed by atoms with Crippen LogP contribution in [0, 0.1) is 30.6 Å². The van der Waals surface area contributed by atoms with E-state index in [4.69, 9.17) is 0 Å². The van der Waals surface area contributed by atoms with Gasteiger partial charge in [0.05, 0.1) is 11.8 Å². The molecule has 2 aliphatic carbocycles. The van der Waals surface area contributed by atoms with Crippen molar-refractivity contribution in [1.29, 1.82) is 0 Å². The molecule has 0 unspecified atom stereocenters. The molecular weight excluding hydrogens is 400 g/mol. The number of alkyl halides is 2. The quantitative estimate of drug-likeness (QED) is 0.525. The lowest BCUT2D eigenvalue weighted by Crippen LogP contribution is -2.37. The number of hydrogen-bond acceptors (Lipinski definition) is 3. The standard InChI is InChI=1S/C15H14Br2N2O2/c1-6-3-2-4-9(18-6)19-14(20)10-7-5-8(11(10)15(19)21)13(17)12(7)16/h2-4,7-8,10-13H,5H2,1H3/t7-,8-,10-,11-,12-,13+/m1/s1. The molecule has 110 valence electrons. The fraction of sp³-hybridized carbons (Fsp3) is 0.533. The number of amides is 2. The second-order valence-corrected chi connectivity index (χ2v) is 8.27. The van der Waals surface area contributed by atoms with Crippen LogP contribution in [0.15, 0.2) is 18.2 Å². The number of fused-ring (bicyclic) bond motifs is 5. The molecule has 2 saturated carbocycles. The van der Waals surface area contributed by atoms with Gasteiger partial charge in [-0.05, 0) is 37.3 Å². The highest BCUT2D eigenvalue weighted by molar-refractivity contribution is 9.12. The molecule has 0 aromatic carbocycles. The number of carbonyl (C=O) groups excluding carboxylic acids is 2. The summed E-state index contributed by atoms with van der Waals surface area (Å²) < 4.78 is 0. The zero-order valence-corrected chi connectivity index (χ0v) is 14.5. The summed E-state index contributed by atoms with van der Waals surface area (Å²) in [7, 11) is 0. The Hall–Kier alpha value is -0.750. The molecule has 1 aliphatic heterocycles. The second kappa shape index (κ2) is 4.62. The minimum Gasteiger partial charge on any atom is -0.274 e. The first kappa shape index (κ1) is 13.9. The number of pyridine rings is 1. The zero-order valence-electron chi connectivity index (χ0n) is 11.4. The summed E-state index contributed by atoms with van der Waals surface area (Å²) in [6.07, 6.45) is 0.952. The molecule has 1 saturated heterocycles. The highest BCUT2D eigenvalue weighted by Gasteiger charge is 2.66. The molecule has 3 fully saturated rings. The molecule has 1 aromatic rings. The van der Waals surface area contributed by atoms with Gasteiger partial charge in [0.1, 0.15) is 5.82 Å². The normalized spacial score (nSPS) is 41.0. The van der Waals surface area contributed by atoms with Gasteiger partial charge in [-0.15, -0.1) is 0 Å². The Balaban J connectivity index is 1.75. The smallest absolute Gasteiger partial charge is 0.239 e. The summed E-state index contributed by atoms with van der Waals surface area (Å²) in [4.78, 5) is 31.8. The van der Waals surface area contributed by atoms with Gasteiger partial charge in [0, 0.05) is 15.3 Å². The Kier molecular flexibility index (Phi) is 3.05. The number of rotatable bonds is 1. The summed E-state index contributed by atoms with van der Waals surface area (Å²) in [6.45, 7) is 1.86. The fourth-order valence-electron chi connectivity index (χ4n) is 4.23. The minimum absolute atomic E-state index is 0.0700. The summed E-state index contributed by atoms with van der Waals surface area (Å²) in [6, 6.07) is 5.44. The summed E-state index contributed by atoms with van der Waals surface area (Å²) in [5, 5.41) is 0. The lowest BCUT2D eigenvalue weighted by atomic mass is 9.81. The molecule has 2 bridgehead atoms. The average Bonchev–Trinajstić information content (AvgIpc) is 3.04. The highest BCUT2D eigenvalue weighted by Crippen LogP contribution is 2.60. The maximum atomic E-state index is 12.8. The maximum Gasteiger partial charge on any atom is 0.239 e. The molecule has 0 N–H and O–H groups in total. The minimum atomic E-state index is -0.178. The monoisotopic (exact) mass is 412 g/mol. The number of aromatic nitrogens is 1. The topological polar surface area (TPSA) is 50.3 Å². The van der Waals surface area contributed by atoms with Crippen LogP contribution in [-0.4, -0.2) is 26.5 Å². The number of nitrogens with zero attached hydrogens (tertiary/aromatic N) is 2. The van der Waals surface area contributed by atoms with Crippen LogP contribution in [0.5, 0.6) is 0 Å². The molecule has 6 atom stereocenters. The third-order valence-corrected chi connectivity index (χ3v) is 8.30. The van der Waals surface area contributed by atoms with E-state index in [1.165, 1.54) is 4.90 Å². The lowest BCUT2D eigenvalue weighted by molar-refractivity contribution is -0.123. The van der Waals surface area contributed by atoms with Gasteiger partial charge in [-0.2, -0.15) is 0 Å². The Morgan fingerprint density at radius 3 is 2.19 bits per heavy atom. The van der Waals surface area contributed by atoms with E-state index >= 15 is 0 Å². The van der Waals surface area contributed by atoms with Gasteiger partial charge < -0.3 is 0 Å². The van der Waals surface area contributed by atoms with Gasteiger partial charge in [-0.25, -0.2) is 9.88 Å². The molecule has 2 heterocycles. The predicted octanol–water partition coefficient (Wildman–Crippen LogP) is 2.67. The number of hydrogen-bond donors (Lipinski definition) is 0. The van der Waals surface area contributed by atoms with Gasteiger partial charge in [0.15, 0.2) is 0 Å². The van der Waals surface area contributed by atoms with Crippen LogP contribution in [0.1, 0.15) is 12.1 Å². The van der Waals surface area contributed by atoms with Crippen molar-refractivity contribution >= 4 is 49.5 Å². The number of imide groups is 1. The van der Waals surface area contributed by atoms with Crippen LogP contribution in [-0.2, 0) is 9.59 Å². The van der Waals surface area contributed by atoms with Crippen molar-refractivity contribution in [2.24, 2.45) is 23.7 Å². The number of anilines is 1. The molecule has 4 nitrogen and oxygen atoms in total. The predicted molar refractivity (Wildman–Crippen MR) is 85.5 cm³/mol. The van der Waals surface area contributed by atoms with Crippen LogP contribution < -0.4 is 4.90 Å². The molecule has 0 radical (unpaired) electrons. The lowest BCUT2D eigenvalue weighted by Gasteiger charge is -2.28. The molecular formula is C15H14Br2N2O2. The third kappa shape index (κ3) is 1.75. The van der Waals surface area contributed by atoms with Gasteiger partial charge in [-0.3, -0.25) is 9.59 Å². The molecule has 2 amide bonds. The van der Waals surface area contributed by atoms with Crippen molar-refractivity contribution in [2.75, 3.05) is 4.90 Å². The molecule has 6 heteroatoms. The van der Waals surface area contributed by atoms with E-state index in [-0.39, 0.29) is 45.1 Å². The van der Waals surface area contributed by atoms with Crippen molar-refractivity contribution in [3.05, 3.63) is 23.9 Å². The highest BCUT2D eigenvalue weighted by atomic mass is 79.9. The third-order valence-electron chi connectivity index (χ3n) is 5.09. The molecule has 0 spiro atoms. The van der Waals surface area contributed by atoms with Crippen molar-refractivity contribution in [2.45, 2.75) is 23.0 Å². The first-order valence-corrected chi connectivity index (χ1v) is 8.93. The first-order valence-electron chi connectivity index (χ1n) is 7.10. The van der Waals surface area contributed by atoms with Crippen molar-refractivity contribution in [3.8, 4) is 0 Å². The van der Waals surface area contributed by atoms with Gasteiger partial charge in [0.2, 0.25) is 11.8 Å². The summed E-state index contributed by atoms with van der Waals surface area (Å²) in [5.74, 6) is 0.465. The average molecular weight is 414 g/mol. The number of carbonyl (C=O) groups is 2. The maximum absolute atomic E-state index is 12.8. The van der Waals surface area contributed by atoms with Crippen LogP contribution in [0.4, 0.5) is 5.82 Å². The molecule has 21 heavy (non-hydrogen) atoms. The largest absolute Gasteiger partial charge is 0.274 e. The Labute approximate surface area is 139 Å². The van der Waals surface area contributed by atoms with E-state index in [9.17, 15) is 9.59 Å². The number of aryl methyl sites for hydroxylation is 1. The molecule has 4 rings (SSSR count). The van der Waals surface area contributed by atoms with E-state index in [0.717, 1.165) is 12.1 Å².